The van der Waals surface area contributed by atoms with Crippen molar-refractivity contribution in [2.45, 2.75) is 33.7 Å². The molecule has 0 aliphatic rings. The fraction of sp³-hybridized carbons (Fsp3) is 0.304. The highest BCUT2D eigenvalue weighted by Crippen LogP contribution is 2.30. The first-order chi connectivity index (χ1) is 13.8. The highest BCUT2D eigenvalue weighted by Gasteiger charge is 2.14. The van der Waals surface area contributed by atoms with Gasteiger partial charge in [-0.3, -0.25) is 4.79 Å². The van der Waals surface area contributed by atoms with Crippen LogP contribution in [0.25, 0.3) is 0 Å². The Bertz CT molecular complexity index is 951. The van der Waals surface area contributed by atoms with Crippen LogP contribution in [0.15, 0.2) is 42.1 Å². The highest BCUT2D eigenvalue weighted by atomic mass is 16.5. The van der Waals surface area contributed by atoms with Crippen molar-refractivity contribution in [1.82, 2.24) is 5.32 Å². The van der Waals surface area contributed by atoms with E-state index in [0.29, 0.717) is 11.5 Å². The van der Waals surface area contributed by atoms with Crippen LogP contribution in [0, 0.1) is 32.1 Å². The molecule has 152 valence electrons. The molecular weight excluding hydrogens is 366 g/mol. The van der Waals surface area contributed by atoms with Gasteiger partial charge >= 0.3 is 0 Å². The molecule has 1 unspecified atom stereocenters. The number of ether oxygens (including phenoxy) is 2. The molecule has 2 rings (SSSR count). The Hall–Kier alpha value is -3.46. The number of nitrogens with zero attached hydrogens (tertiary/aromatic N) is 1. The summed E-state index contributed by atoms with van der Waals surface area (Å²) in [6, 6.07) is 11.4. The Morgan fingerprint density at radius 2 is 1.69 bits per heavy atom. The van der Waals surface area contributed by atoms with E-state index in [-0.39, 0.29) is 11.6 Å². The number of hydrogen-bond donors (Lipinski definition) is 2. The molecule has 29 heavy (non-hydrogen) atoms. The number of nitrogens with one attached hydrogen (secondary N) is 2. The van der Waals surface area contributed by atoms with Crippen molar-refractivity contribution in [1.29, 1.82) is 5.26 Å². The molecule has 6 nitrogen and oxygen atoms in total. The summed E-state index contributed by atoms with van der Waals surface area (Å²) in [6.45, 7) is 7.80. The van der Waals surface area contributed by atoms with Gasteiger partial charge in [-0.25, -0.2) is 0 Å². The SMILES string of the molecule is COc1ccc(C(C)N/C=C(/C#N)C(=O)Nc2c(C)cc(C)cc2C)cc1OC. The summed E-state index contributed by atoms with van der Waals surface area (Å²) in [5.74, 6) is 0.806. The lowest BCUT2D eigenvalue weighted by Crippen LogP contribution is -2.19. The lowest BCUT2D eigenvalue weighted by Gasteiger charge is -2.16. The second-order valence-electron chi connectivity index (χ2n) is 6.90. The van der Waals surface area contributed by atoms with Crippen molar-refractivity contribution in [3.05, 3.63) is 64.4 Å². The third-order valence-corrected chi connectivity index (χ3v) is 4.67. The molecule has 1 amide bonds. The number of rotatable bonds is 7. The summed E-state index contributed by atoms with van der Waals surface area (Å²) in [4.78, 5) is 12.6. The summed E-state index contributed by atoms with van der Waals surface area (Å²) in [5, 5.41) is 15.4. The number of carbonyl (C=O) groups is 1. The molecule has 0 radical (unpaired) electrons. The van der Waals surface area contributed by atoms with E-state index in [2.05, 4.69) is 10.6 Å². The van der Waals surface area contributed by atoms with Crippen LogP contribution in [0.3, 0.4) is 0 Å². The van der Waals surface area contributed by atoms with Crippen LogP contribution in [-0.4, -0.2) is 20.1 Å². The van der Waals surface area contributed by atoms with Crippen LogP contribution in [0.1, 0.15) is 35.2 Å². The maximum absolute atomic E-state index is 12.6. The summed E-state index contributed by atoms with van der Waals surface area (Å²) in [5.41, 5.74) is 4.70. The molecule has 0 aromatic heterocycles. The first kappa shape index (κ1) is 21.8. The number of amides is 1. The molecule has 1 atom stereocenters. The molecule has 0 aliphatic heterocycles. The number of methoxy groups -OCH3 is 2. The van der Waals surface area contributed by atoms with Crippen LogP contribution in [-0.2, 0) is 4.79 Å². The predicted octanol–water partition coefficient (Wildman–Crippen LogP) is 4.33. The van der Waals surface area contributed by atoms with Gasteiger partial charge in [-0.2, -0.15) is 5.26 Å². The Labute approximate surface area is 172 Å². The molecule has 0 bridgehead atoms. The van der Waals surface area contributed by atoms with E-state index in [1.165, 1.54) is 6.20 Å². The monoisotopic (exact) mass is 393 g/mol. The zero-order valence-corrected chi connectivity index (χ0v) is 17.7. The van der Waals surface area contributed by atoms with Crippen molar-refractivity contribution in [2.24, 2.45) is 0 Å². The predicted molar refractivity (Wildman–Crippen MR) is 114 cm³/mol. The van der Waals surface area contributed by atoms with Gasteiger partial charge in [-0.05, 0) is 56.5 Å². The van der Waals surface area contributed by atoms with E-state index in [1.807, 2.05) is 64.1 Å². The van der Waals surface area contributed by atoms with Gasteiger partial charge in [0.25, 0.3) is 5.91 Å². The third-order valence-electron chi connectivity index (χ3n) is 4.67. The van der Waals surface area contributed by atoms with Crippen LogP contribution in [0.2, 0.25) is 0 Å². The second kappa shape index (κ2) is 9.65. The first-order valence-electron chi connectivity index (χ1n) is 9.28. The van der Waals surface area contributed by atoms with Crippen LogP contribution in [0.5, 0.6) is 11.5 Å². The topological polar surface area (TPSA) is 83.4 Å². The van der Waals surface area contributed by atoms with Gasteiger partial charge in [-0.15, -0.1) is 0 Å². The molecule has 0 spiro atoms. The van der Waals surface area contributed by atoms with E-state index < -0.39 is 5.91 Å². The molecule has 2 aromatic carbocycles. The van der Waals surface area contributed by atoms with E-state index in [0.717, 1.165) is 27.9 Å². The first-order valence-corrected chi connectivity index (χ1v) is 9.28. The Kier molecular flexibility index (Phi) is 7.27. The fourth-order valence-corrected chi connectivity index (χ4v) is 3.13. The maximum atomic E-state index is 12.6. The van der Waals surface area contributed by atoms with E-state index in [9.17, 15) is 10.1 Å². The molecular formula is C23H27N3O3. The van der Waals surface area contributed by atoms with Gasteiger partial charge in [0.15, 0.2) is 11.5 Å². The Balaban J connectivity index is 2.16. The molecule has 0 heterocycles. The molecule has 0 aliphatic carbocycles. The molecule has 2 aromatic rings. The fourth-order valence-electron chi connectivity index (χ4n) is 3.13. The average molecular weight is 393 g/mol. The van der Waals surface area contributed by atoms with Crippen molar-refractivity contribution in [3.63, 3.8) is 0 Å². The van der Waals surface area contributed by atoms with Crippen molar-refractivity contribution < 1.29 is 14.3 Å². The molecule has 0 saturated carbocycles. The zero-order valence-electron chi connectivity index (χ0n) is 17.7. The van der Waals surface area contributed by atoms with E-state index in [4.69, 9.17) is 9.47 Å². The summed E-state index contributed by atoms with van der Waals surface area (Å²) < 4.78 is 10.6. The molecule has 6 heteroatoms. The van der Waals surface area contributed by atoms with E-state index >= 15 is 0 Å². The Morgan fingerprint density at radius 1 is 1.07 bits per heavy atom. The van der Waals surface area contributed by atoms with Gasteiger partial charge in [0, 0.05) is 17.9 Å². The van der Waals surface area contributed by atoms with Gasteiger partial charge in [-0.1, -0.05) is 23.8 Å². The number of carbonyl (C=O) groups excluding carboxylic acids is 1. The van der Waals surface area contributed by atoms with Crippen molar-refractivity contribution in [3.8, 4) is 17.6 Å². The number of anilines is 1. The normalized spacial score (nSPS) is 12.0. The van der Waals surface area contributed by atoms with Gasteiger partial charge in [0.2, 0.25) is 0 Å². The number of nitriles is 1. The minimum atomic E-state index is -0.449. The standard InChI is InChI=1S/C23H27N3O3/c1-14-9-15(2)22(16(3)10-14)26-23(27)19(12-24)13-25-17(4)18-7-8-20(28-5)21(11-18)29-6/h7-11,13,17,25H,1-6H3,(H,26,27)/b19-13-. The number of hydrogen-bond acceptors (Lipinski definition) is 5. The lowest BCUT2D eigenvalue weighted by atomic mass is 10.0. The van der Waals surface area contributed by atoms with Crippen LogP contribution < -0.4 is 20.1 Å². The quantitative estimate of drug-likeness (QED) is 0.540. The summed E-state index contributed by atoms with van der Waals surface area (Å²) in [6.07, 6.45) is 1.44. The number of aryl methyl sites for hydroxylation is 3. The van der Waals surface area contributed by atoms with Gasteiger partial charge in [0.05, 0.1) is 14.2 Å². The van der Waals surface area contributed by atoms with E-state index in [1.54, 1.807) is 14.2 Å². The van der Waals surface area contributed by atoms with Crippen molar-refractivity contribution in [2.75, 3.05) is 19.5 Å². The third kappa shape index (κ3) is 5.29. The Morgan fingerprint density at radius 3 is 2.24 bits per heavy atom. The second-order valence-corrected chi connectivity index (χ2v) is 6.90. The highest BCUT2D eigenvalue weighted by molar-refractivity contribution is 6.07. The van der Waals surface area contributed by atoms with Crippen LogP contribution >= 0.6 is 0 Å². The van der Waals surface area contributed by atoms with Gasteiger partial charge < -0.3 is 20.1 Å². The molecule has 0 saturated heterocycles. The molecule has 0 fully saturated rings. The smallest absolute Gasteiger partial charge is 0.267 e. The summed E-state index contributed by atoms with van der Waals surface area (Å²) in [7, 11) is 3.16. The number of benzene rings is 2. The van der Waals surface area contributed by atoms with Crippen molar-refractivity contribution >= 4 is 11.6 Å². The maximum Gasteiger partial charge on any atom is 0.267 e. The minimum absolute atomic E-state index is 0.00305. The zero-order chi connectivity index (χ0) is 21.6. The summed E-state index contributed by atoms with van der Waals surface area (Å²) >= 11 is 0. The van der Waals surface area contributed by atoms with Gasteiger partial charge in [0.1, 0.15) is 11.6 Å². The van der Waals surface area contributed by atoms with Crippen LogP contribution in [0.4, 0.5) is 5.69 Å². The minimum Gasteiger partial charge on any atom is -0.493 e. The average Bonchev–Trinajstić information content (AvgIpc) is 2.70. The lowest BCUT2D eigenvalue weighted by molar-refractivity contribution is -0.112. The largest absolute Gasteiger partial charge is 0.493 e. The molecule has 2 N–H and O–H groups in total.